The Morgan fingerprint density at radius 1 is 1.29 bits per heavy atom. The van der Waals surface area contributed by atoms with Gasteiger partial charge >= 0.3 is 0 Å². The number of nitrogens with zero attached hydrogens (tertiary/aromatic N) is 1. The zero-order valence-corrected chi connectivity index (χ0v) is 12.8. The van der Waals surface area contributed by atoms with Crippen molar-refractivity contribution in [3.8, 4) is 0 Å². The van der Waals surface area contributed by atoms with Crippen LogP contribution in [0.15, 0.2) is 0 Å². The third-order valence-electron chi connectivity index (χ3n) is 2.72. The summed E-state index contributed by atoms with van der Waals surface area (Å²) in [5.41, 5.74) is 0.165. The van der Waals surface area contributed by atoms with Crippen molar-refractivity contribution in [1.82, 2.24) is 4.90 Å². The molecule has 0 saturated carbocycles. The highest BCUT2D eigenvalue weighted by molar-refractivity contribution is 5.73. The summed E-state index contributed by atoms with van der Waals surface area (Å²) in [7, 11) is 1.72. The van der Waals surface area contributed by atoms with Crippen molar-refractivity contribution in [2.75, 3.05) is 26.8 Å². The number of methoxy groups -OCH3 is 1. The molecule has 1 atom stereocenters. The van der Waals surface area contributed by atoms with E-state index >= 15 is 0 Å². The van der Waals surface area contributed by atoms with Crippen molar-refractivity contribution < 1.29 is 9.53 Å². The Morgan fingerprint density at radius 2 is 1.82 bits per heavy atom. The van der Waals surface area contributed by atoms with Crippen LogP contribution in [0.5, 0.6) is 0 Å². The standard InChI is InChI=1S/C10H19NO2.2C2H6/c1-9(12)11-6-4-5-10(2,7-11)8-13-3;2*1-2/h4-8H2,1-3H3;2*1-2H3. The van der Waals surface area contributed by atoms with Gasteiger partial charge in [-0.1, -0.05) is 34.6 Å². The van der Waals surface area contributed by atoms with Gasteiger partial charge in [0.25, 0.3) is 0 Å². The summed E-state index contributed by atoms with van der Waals surface area (Å²) in [5.74, 6) is 0.182. The van der Waals surface area contributed by atoms with Crippen LogP contribution < -0.4 is 0 Å². The van der Waals surface area contributed by atoms with Crippen LogP contribution in [0.3, 0.4) is 0 Å². The van der Waals surface area contributed by atoms with E-state index in [1.54, 1.807) is 14.0 Å². The Labute approximate surface area is 108 Å². The fourth-order valence-corrected chi connectivity index (χ4v) is 2.05. The van der Waals surface area contributed by atoms with Gasteiger partial charge in [0.15, 0.2) is 0 Å². The first-order valence-corrected chi connectivity index (χ1v) is 6.82. The lowest BCUT2D eigenvalue weighted by molar-refractivity contribution is -0.133. The average Bonchev–Trinajstić information content (AvgIpc) is 2.34. The minimum absolute atomic E-state index is 0.165. The molecule has 1 aliphatic heterocycles. The summed E-state index contributed by atoms with van der Waals surface area (Å²) in [6.45, 7) is 14.3. The predicted molar refractivity (Wildman–Crippen MR) is 74.2 cm³/mol. The van der Waals surface area contributed by atoms with E-state index < -0.39 is 0 Å². The quantitative estimate of drug-likeness (QED) is 0.747. The lowest BCUT2D eigenvalue weighted by atomic mass is 9.83. The van der Waals surface area contributed by atoms with E-state index in [2.05, 4.69) is 6.92 Å². The number of rotatable bonds is 2. The molecule has 0 spiro atoms. The van der Waals surface area contributed by atoms with E-state index in [1.807, 2.05) is 32.6 Å². The van der Waals surface area contributed by atoms with Gasteiger partial charge in [-0.3, -0.25) is 4.79 Å². The first-order valence-electron chi connectivity index (χ1n) is 6.82. The van der Waals surface area contributed by atoms with Crippen molar-refractivity contribution in [2.24, 2.45) is 5.41 Å². The minimum atomic E-state index is 0.165. The Hall–Kier alpha value is -0.570. The van der Waals surface area contributed by atoms with Gasteiger partial charge in [-0.2, -0.15) is 0 Å². The van der Waals surface area contributed by atoms with Crippen LogP contribution in [0.1, 0.15) is 54.4 Å². The molecule has 0 radical (unpaired) electrons. The second-order valence-electron chi connectivity index (χ2n) is 4.29. The molecular formula is C14H31NO2. The molecule has 1 heterocycles. The van der Waals surface area contributed by atoms with Gasteiger partial charge in [0.05, 0.1) is 6.61 Å². The van der Waals surface area contributed by atoms with Crippen molar-refractivity contribution >= 4 is 5.91 Å². The number of carbonyl (C=O) groups is 1. The molecule has 1 rings (SSSR count). The normalized spacial score (nSPS) is 22.9. The Balaban J connectivity index is 0. The zero-order chi connectivity index (χ0) is 13.9. The van der Waals surface area contributed by atoms with Gasteiger partial charge < -0.3 is 9.64 Å². The van der Waals surface area contributed by atoms with Gasteiger partial charge in [0, 0.05) is 32.5 Å². The molecular weight excluding hydrogens is 214 g/mol. The highest BCUT2D eigenvalue weighted by Crippen LogP contribution is 2.29. The van der Waals surface area contributed by atoms with E-state index in [-0.39, 0.29) is 11.3 Å². The second-order valence-corrected chi connectivity index (χ2v) is 4.29. The molecule has 3 heteroatoms. The molecule has 0 aromatic heterocycles. The van der Waals surface area contributed by atoms with E-state index in [0.29, 0.717) is 0 Å². The number of hydrogen-bond acceptors (Lipinski definition) is 2. The summed E-state index contributed by atoms with van der Waals surface area (Å²) in [5, 5.41) is 0. The fraction of sp³-hybridized carbons (Fsp3) is 0.929. The number of amides is 1. The lowest BCUT2D eigenvalue weighted by Gasteiger charge is -2.39. The fourth-order valence-electron chi connectivity index (χ4n) is 2.05. The highest BCUT2D eigenvalue weighted by Gasteiger charge is 2.31. The molecule has 104 valence electrons. The summed E-state index contributed by atoms with van der Waals surface area (Å²) in [4.78, 5) is 13.1. The van der Waals surface area contributed by atoms with Crippen LogP contribution in [0.2, 0.25) is 0 Å². The van der Waals surface area contributed by atoms with Crippen LogP contribution in [-0.2, 0) is 9.53 Å². The Bertz CT molecular complexity index is 191. The maximum Gasteiger partial charge on any atom is 0.219 e. The first kappa shape index (κ1) is 18.8. The van der Waals surface area contributed by atoms with Crippen molar-refractivity contribution in [1.29, 1.82) is 0 Å². The number of piperidine rings is 1. The van der Waals surface area contributed by atoms with Gasteiger partial charge in [-0.15, -0.1) is 0 Å². The minimum Gasteiger partial charge on any atom is -0.384 e. The van der Waals surface area contributed by atoms with E-state index in [0.717, 1.165) is 32.5 Å². The van der Waals surface area contributed by atoms with Crippen molar-refractivity contribution in [3.05, 3.63) is 0 Å². The largest absolute Gasteiger partial charge is 0.384 e. The van der Waals surface area contributed by atoms with Gasteiger partial charge in [0.2, 0.25) is 5.91 Å². The number of hydrogen-bond donors (Lipinski definition) is 0. The Morgan fingerprint density at radius 3 is 2.24 bits per heavy atom. The molecule has 1 aliphatic rings. The van der Waals surface area contributed by atoms with Crippen molar-refractivity contribution in [2.45, 2.75) is 54.4 Å². The van der Waals surface area contributed by atoms with Crippen LogP contribution in [0.4, 0.5) is 0 Å². The molecule has 1 unspecified atom stereocenters. The van der Waals surface area contributed by atoms with Crippen LogP contribution in [0, 0.1) is 5.41 Å². The molecule has 17 heavy (non-hydrogen) atoms. The number of likely N-dealkylation sites (tertiary alicyclic amines) is 1. The monoisotopic (exact) mass is 245 g/mol. The molecule has 1 amide bonds. The lowest BCUT2D eigenvalue weighted by Crippen LogP contribution is -2.45. The average molecular weight is 245 g/mol. The molecule has 0 N–H and O–H groups in total. The van der Waals surface area contributed by atoms with Gasteiger partial charge in [-0.25, -0.2) is 0 Å². The summed E-state index contributed by atoms with van der Waals surface area (Å²) in [6, 6.07) is 0. The van der Waals surface area contributed by atoms with E-state index in [9.17, 15) is 4.79 Å². The van der Waals surface area contributed by atoms with Crippen molar-refractivity contribution in [3.63, 3.8) is 0 Å². The van der Waals surface area contributed by atoms with Gasteiger partial charge in [-0.05, 0) is 12.8 Å². The highest BCUT2D eigenvalue weighted by atomic mass is 16.5. The SMILES string of the molecule is CC.CC.COCC1(C)CCCN(C(C)=O)C1. The van der Waals surface area contributed by atoms with Gasteiger partial charge in [0.1, 0.15) is 0 Å². The third kappa shape index (κ3) is 7.37. The molecule has 0 aromatic rings. The zero-order valence-electron chi connectivity index (χ0n) is 12.8. The number of ether oxygens (including phenoxy) is 1. The maximum atomic E-state index is 11.2. The number of carbonyl (C=O) groups excluding carboxylic acids is 1. The summed E-state index contributed by atoms with van der Waals surface area (Å²) >= 11 is 0. The van der Waals surface area contributed by atoms with Crippen LogP contribution in [-0.4, -0.2) is 37.6 Å². The predicted octanol–water partition coefficient (Wildman–Crippen LogP) is 3.33. The summed E-state index contributed by atoms with van der Waals surface area (Å²) in [6.07, 6.45) is 2.25. The van der Waals surface area contributed by atoms with Crippen LogP contribution in [0.25, 0.3) is 0 Å². The Kier molecular flexibility index (Phi) is 11.7. The molecule has 0 aromatic carbocycles. The first-order chi connectivity index (χ1) is 8.07. The van der Waals surface area contributed by atoms with E-state index in [4.69, 9.17) is 4.74 Å². The molecule has 1 fully saturated rings. The summed E-state index contributed by atoms with van der Waals surface area (Å²) < 4.78 is 5.17. The topological polar surface area (TPSA) is 29.5 Å². The molecule has 3 nitrogen and oxygen atoms in total. The maximum absolute atomic E-state index is 11.2. The smallest absolute Gasteiger partial charge is 0.219 e. The second kappa shape index (κ2) is 10.6. The van der Waals surface area contributed by atoms with E-state index in [1.165, 1.54) is 0 Å². The molecule has 1 saturated heterocycles. The molecule has 0 aliphatic carbocycles. The van der Waals surface area contributed by atoms with Crippen LogP contribution >= 0.6 is 0 Å². The molecule has 0 bridgehead atoms. The third-order valence-corrected chi connectivity index (χ3v) is 2.72.